The van der Waals surface area contributed by atoms with Crippen molar-refractivity contribution in [3.05, 3.63) is 83.3 Å². The number of H-pyrrole nitrogens is 1. The number of pyridine rings is 1. The third-order valence-corrected chi connectivity index (χ3v) is 7.15. The van der Waals surface area contributed by atoms with E-state index in [2.05, 4.69) is 21.5 Å². The number of hydrogen-bond donors (Lipinski definition) is 2. The Bertz CT molecular complexity index is 1680. The Morgan fingerprint density at radius 3 is 2.26 bits per heavy atom. The lowest BCUT2D eigenvalue weighted by molar-refractivity contribution is -0.138. The number of piperazine rings is 1. The zero-order valence-electron chi connectivity index (χ0n) is 22.2. The standard InChI is InChI=1S/C28H22F9N5O/c1-3-22(43)15-6-18(28(35,36)37)25(38-11-15)41-4-5-42(13(2)12-41)26-39-21-10-16(27(32,33)34)9-17(24(21)40-26)14-7-19(29)23(31)20(30)8-14/h3,6-11,13,22,43H,1,4-5,12H2,2H3,(H,39,40)/t13-,22-/m1/s1. The lowest BCUT2D eigenvalue weighted by Gasteiger charge is -2.41. The van der Waals surface area contributed by atoms with Gasteiger partial charge in [0.15, 0.2) is 17.5 Å². The van der Waals surface area contributed by atoms with Gasteiger partial charge in [-0.15, -0.1) is 6.58 Å². The van der Waals surface area contributed by atoms with Crippen LogP contribution in [0.3, 0.4) is 0 Å². The molecule has 6 nitrogen and oxygen atoms in total. The van der Waals surface area contributed by atoms with Gasteiger partial charge < -0.3 is 19.9 Å². The summed E-state index contributed by atoms with van der Waals surface area (Å²) in [6.45, 7) is 5.11. The molecule has 0 saturated carbocycles. The molecule has 1 fully saturated rings. The summed E-state index contributed by atoms with van der Waals surface area (Å²) in [7, 11) is 0. The SMILES string of the molecule is C=C[C@@H](O)c1cnc(N2CCN(c3nc4c(-c5cc(F)c(F)c(F)c5)cc(C(F)(F)F)cc4[nH]3)[C@H](C)C2)c(C(F)(F)F)c1. The maximum Gasteiger partial charge on any atom is 0.419 e. The van der Waals surface area contributed by atoms with E-state index in [1.807, 2.05) is 0 Å². The zero-order valence-corrected chi connectivity index (χ0v) is 22.2. The van der Waals surface area contributed by atoms with E-state index in [-0.39, 0.29) is 59.1 Å². The maximum absolute atomic E-state index is 14.0. The molecular weight excluding hydrogens is 593 g/mol. The molecule has 2 N–H and O–H groups in total. The molecule has 0 unspecified atom stereocenters. The highest BCUT2D eigenvalue weighted by molar-refractivity contribution is 5.94. The third-order valence-electron chi connectivity index (χ3n) is 7.15. The van der Waals surface area contributed by atoms with Gasteiger partial charge in [-0.05, 0) is 42.8 Å². The number of benzene rings is 2. The number of rotatable bonds is 5. The van der Waals surface area contributed by atoms with Crippen molar-refractivity contribution in [3.63, 3.8) is 0 Å². The van der Waals surface area contributed by atoms with Crippen LogP contribution in [-0.2, 0) is 12.4 Å². The molecule has 2 aromatic heterocycles. The van der Waals surface area contributed by atoms with Gasteiger partial charge in [0.05, 0.1) is 28.3 Å². The lowest BCUT2D eigenvalue weighted by Crippen LogP contribution is -2.53. The van der Waals surface area contributed by atoms with E-state index in [1.165, 1.54) is 4.90 Å². The summed E-state index contributed by atoms with van der Waals surface area (Å²) >= 11 is 0. The molecule has 43 heavy (non-hydrogen) atoms. The number of hydrogen-bond acceptors (Lipinski definition) is 5. The minimum atomic E-state index is -4.84. The molecule has 0 bridgehead atoms. The first-order valence-electron chi connectivity index (χ1n) is 12.7. The monoisotopic (exact) mass is 615 g/mol. The molecule has 1 aliphatic rings. The van der Waals surface area contributed by atoms with E-state index in [4.69, 9.17) is 0 Å². The molecule has 1 aliphatic heterocycles. The van der Waals surface area contributed by atoms with E-state index >= 15 is 0 Å². The van der Waals surface area contributed by atoms with Crippen LogP contribution < -0.4 is 9.80 Å². The highest BCUT2D eigenvalue weighted by Crippen LogP contribution is 2.40. The average molecular weight is 616 g/mol. The van der Waals surface area contributed by atoms with Crippen LogP contribution in [0.2, 0.25) is 0 Å². The quantitative estimate of drug-likeness (QED) is 0.144. The van der Waals surface area contributed by atoms with Gasteiger partial charge in [-0.25, -0.2) is 23.1 Å². The van der Waals surface area contributed by atoms with Gasteiger partial charge >= 0.3 is 12.4 Å². The highest BCUT2D eigenvalue weighted by atomic mass is 19.4. The average Bonchev–Trinajstić information content (AvgIpc) is 3.37. The Balaban J connectivity index is 1.51. The van der Waals surface area contributed by atoms with Crippen LogP contribution in [0, 0.1) is 17.5 Å². The number of aliphatic hydroxyl groups is 1. The molecule has 0 radical (unpaired) electrons. The van der Waals surface area contributed by atoms with Gasteiger partial charge in [0.2, 0.25) is 5.95 Å². The topological polar surface area (TPSA) is 68.3 Å². The lowest BCUT2D eigenvalue weighted by atomic mass is 10.0. The highest BCUT2D eigenvalue weighted by Gasteiger charge is 2.39. The smallest absolute Gasteiger partial charge is 0.384 e. The molecule has 15 heteroatoms. The van der Waals surface area contributed by atoms with Crippen molar-refractivity contribution in [1.82, 2.24) is 15.0 Å². The predicted molar refractivity (Wildman–Crippen MR) is 140 cm³/mol. The van der Waals surface area contributed by atoms with Crippen molar-refractivity contribution in [2.75, 3.05) is 29.4 Å². The Labute approximate surface area is 238 Å². The van der Waals surface area contributed by atoms with Gasteiger partial charge in [-0.2, -0.15) is 26.3 Å². The number of nitrogens with zero attached hydrogens (tertiary/aromatic N) is 4. The molecule has 3 heterocycles. The number of aliphatic hydroxyl groups excluding tert-OH is 1. The molecule has 0 aliphatic carbocycles. The molecule has 0 amide bonds. The zero-order chi connectivity index (χ0) is 31.4. The number of aromatic nitrogens is 3. The van der Waals surface area contributed by atoms with E-state index in [9.17, 15) is 44.6 Å². The second-order valence-electron chi connectivity index (χ2n) is 10.0. The Morgan fingerprint density at radius 1 is 1.00 bits per heavy atom. The van der Waals surface area contributed by atoms with E-state index in [0.717, 1.165) is 24.4 Å². The number of alkyl halides is 6. The van der Waals surface area contributed by atoms with E-state index < -0.39 is 53.1 Å². The largest absolute Gasteiger partial charge is 0.419 e. The normalized spacial score (nSPS) is 17.0. The fourth-order valence-electron chi connectivity index (χ4n) is 5.03. The molecule has 4 aromatic rings. The summed E-state index contributed by atoms with van der Waals surface area (Å²) in [6, 6.07) is 2.80. The van der Waals surface area contributed by atoms with Gasteiger partial charge in [-0.3, -0.25) is 0 Å². The minimum Gasteiger partial charge on any atom is -0.384 e. The molecule has 228 valence electrons. The second kappa shape index (κ2) is 10.8. The van der Waals surface area contributed by atoms with Crippen LogP contribution in [0.25, 0.3) is 22.2 Å². The van der Waals surface area contributed by atoms with Crippen molar-refractivity contribution >= 4 is 22.8 Å². The number of aromatic amines is 1. The van der Waals surface area contributed by atoms with Crippen LogP contribution in [0.4, 0.5) is 51.3 Å². The number of imidazole rings is 1. The summed E-state index contributed by atoms with van der Waals surface area (Å²) in [6.07, 6.45) is -8.79. The van der Waals surface area contributed by atoms with Crippen molar-refractivity contribution in [1.29, 1.82) is 0 Å². The Kier molecular flexibility index (Phi) is 7.57. The first-order valence-corrected chi connectivity index (χ1v) is 12.7. The Hall–Kier alpha value is -4.27. The first-order chi connectivity index (χ1) is 20.1. The minimum absolute atomic E-state index is 0.00548. The van der Waals surface area contributed by atoms with E-state index in [0.29, 0.717) is 18.2 Å². The maximum atomic E-state index is 14.0. The van der Waals surface area contributed by atoms with Crippen molar-refractivity contribution < 1.29 is 44.6 Å². The van der Waals surface area contributed by atoms with Crippen LogP contribution in [0.1, 0.15) is 29.7 Å². The van der Waals surface area contributed by atoms with Crippen molar-refractivity contribution in [2.45, 2.75) is 31.4 Å². The molecular formula is C28H22F9N5O. The molecule has 1 saturated heterocycles. The summed E-state index contributed by atoms with van der Waals surface area (Å²) in [5, 5.41) is 9.90. The number of fused-ring (bicyclic) bond motifs is 1. The summed E-state index contributed by atoms with van der Waals surface area (Å²) in [5.41, 5.74) is -3.19. The third kappa shape index (κ3) is 5.72. The van der Waals surface area contributed by atoms with Crippen LogP contribution >= 0.6 is 0 Å². The van der Waals surface area contributed by atoms with Crippen LogP contribution in [-0.4, -0.2) is 45.7 Å². The van der Waals surface area contributed by atoms with Gasteiger partial charge in [-0.1, -0.05) is 6.08 Å². The molecule has 2 atom stereocenters. The van der Waals surface area contributed by atoms with E-state index in [1.54, 1.807) is 11.8 Å². The summed E-state index contributed by atoms with van der Waals surface area (Å²) in [4.78, 5) is 14.1. The van der Waals surface area contributed by atoms with Gasteiger partial charge in [0.1, 0.15) is 5.82 Å². The van der Waals surface area contributed by atoms with Crippen molar-refractivity contribution in [2.24, 2.45) is 0 Å². The molecule has 0 spiro atoms. The summed E-state index contributed by atoms with van der Waals surface area (Å²) < 4.78 is 124. The number of halogens is 9. The predicted octanol–water partition coefficient (Wildman–Crippen LogP) is 7.01. The molecule has 2 aromatic carbocycles. The van der Waals surface area contributed by atoms with Crippen LogP contribution in [0.15, 0.2) is 49.2 Å². The fraction of sp³-hybridized carbons (Fsp3) is 0.286. The second-order valence-corrected chi connectivity index (χ2v) is 10.0. The van der Waals surface area contributed by atoms with Gasteiger partial charge in [0, 0.05) is 43.0 Å². The fourth-order valence-corrected chi connectivity index (χ4v) is 5.03. The van der Waals surface area contributed by atoms with Crippen molar-refractivity contribution in [3.8, 4) is 11.1 Å². The number of anilines is 2. The van der Waals surface area contributed by atoms with Gasteiger partial charge in [0.25, 0.3) is 0 Å². The molecule has 5 rings (SSSR count). The van der Waals surface area contributed by atoms with Crippen LogP contribution in [0.5, 0.6) is 0 Å². The Morgan fingerprint density at radius 2 is 1.67 bits per heavy atom. The number of nitrogens with one attached hydrogen (secondary N) is 1. The first kappa shape index (κ1) is 30.2. The summed E-state index contributed by atoms with van der Waals surface area (Å²) in [5.74, 6) is -5.27.